The van der Waals surface area contributed by atoms with Gasteiger partial charge in [0, 0.05) is 36.1 Å². The summed E-state index contributed by atoms with van der Waals surface area (Å²) in [6.45, 7) is 14.0. The average molecular weight is 879 g/mol. The quantitative estimate of drug-likeness (QED) is 0.0598. The number of rotatable bonds is 23. The largest absolute Gasteiger partial charge is 0.172 e. The lowest BCUT2D eigenvalue weighted by Gasteiger charge is -2.33. The van der Waals surface area contributed by atoms with E-state index in [4.69, 9.17) is 8.75 Å². The standard InChI is InChI=1S/C57H70N2S3/c1-7-11-15-19-25-41-37-51(60-40(41)6)47-31-32-48(55-54(47)58-62-59-55)52-38-42(26-20-16-12-8-2)56(61-52)43-29-30-46-49(36-43)57(33-23-17-13-9-3,34-24-18-14-10-4)50-35-39(5)44-27-21-22-28-45(44)53(46)50/h21-22,27-32,35-38H,7-20,23-26,33-34H2,1-6H3. The molecule has 1 aliphatic carbocycles. The van der Waals surface area contributed by atoms with Crippen LogP contribution in [0.5, 0.6) is 0 Å². The van der Waals surface area contributed by atoms with Crippen molar-refractivity contribution in [3.05, 3.63) is 105 Å². The van der Waals surface area contributed by atoms with Crippen LogP contribution >= 0.6 is 34.4 Å². The van der Waals surface area contributed by atoms with E-state index < -0.39 is 0 Å². The van der Waals surface area contributed by atoms with E-state index in [2.05, 4.69) is 114 Å². The van der Waals surface area contributed by atoms with Gasteiger partial charge in [-0.05, 0) is 126 Å². The van der Waals surface area contributed by atoms with Gasteiger partial charge in [0.05, 0.1) is 11.7 Å². The van der Waals surface area contributed by atoms with Crippen molar-refractivity contribution < 1.29 is 0 Å². The Kier molecular flexibility index (Phi) is 15.2. The minimum Gasteiger partial charge on any atom is -0.172 e. The van der Waals surface area contributed by atoms with Crippen molar-refractivity contribution in [1.82, 2.24) is 8.75 Å². The summed E-state index contributed by atoms with van der Waals surface area (Å²) in [6, 6.07) is 29.2. The fourth-order valence-electron chi connectivity index (χ4n) is 10.7. The number of nitrogens with zero attached hydrogens (tertiary/aromatic N) is 2. The van der Waals surface area contributed by atoms with Gasteiger partial charge in [0.1, 0.15) is 11.0 Å². The van der Waals surface area contributed by atoms with Gasteiger partial charge < -0.3 is 0 Å². The predicted molar refractivity (Wildman–Crippen MR) is 276 cm³/mol. The van der Waals surface area contributed by atoms with Crippen LogP contribution in [0.1, 0.15) is 176 Å². The number of fused-ring (bicyclic) bond motifs is 6. The maximum Gasteiger partial charge on any atom is 0.114 e. The summed E-state index contributed by atoms with van der Waals surface area (Å²) >= 11 is 5.28. The van der Waals surface area contributed by atoms with Crippen LogP contribution in [0.25, 0.3) is 64.3 Å². The minimum absolute atomic E-state index is 0.0299. The third-order valence-electron chi connectivity index (χ3n) is 14.1. The molecule has 5 heteroatoms. The molecule has 0 N–H and O–H groups in total. The van der Waals surface area contributed by atoms with Gasteiger partial charge in [0.15, 0.2) is 0 Å². The smallest absolute Gasteiger partial charge is 0.114 e. The monoisotopic (exact) mass is 878 g/mol. The summed E-state index contributed by atoms with van der Waals surface area (Å²) in [4.78, 5) is 5.55. The molecule has 62 heavy (non-hydrogen) atoms. The van der Waals surface area contributed by atoms with E-state index in [1.54, 1.807) is 11.1 Å². The summed E-state index contributed by atoms with van der Waals surface area (Å²) in [5, 5.41) is 2.83. The van der Waals surface area contributed by atoms with Crippen LogP contribution in [0.4, 0.5) is 0 Å². The molecule has 1 aliphatic rings. The zero-order valence-corrected chi connectivity index (χ0v) is 41.1. The first kappa shape index (κ1) is 44.9. The lowest BCUT2D eigenvalue weighted by atomic mass is 9.70. The molecule has 0 unspecified atom stereocenters. The summed E-state index contributed by atoms with van der Waals surface area (Å²) in [6.07, 6.45) is 25.3. The van der Waals surface area contributed by atoms with Crippen molar-refractivity contribution in [2.45, 2.75) is 175 Å². The molecule has 8 rings (SSSR count). The lowest BCUT2D eigenvalue weighted by Crippen LogP contribution is -2.26. The number of thiophene rings is 2. The van der Waals surface area contributed by atoms with E-state index in [1.807, 2.05) is 22.7 Å². The Morgan fingerprint density at radius 2 is 1.05 bits per heavy atom. The first-order valence-corrected chi connectivity index (χ1v) is 26.9. The normalized spacial score (nSPS) is 13.1. The van der Waals surface area contributed by atoms with Gasteiger partial charge in [0.25, 0.3) is 0 Å². The predicted octanol–water partition coefficient (Wildman–Crippen LogP) is 19.0. The van der Waals surface area contributed by atoms with E-state index in [0.29, 0.717) is 0 Å². The van der Waals surface area contributed by atoms with E-state index in [0.717, 1.165) is 17.5 Å². The van der Waals surface area contributed by atoms with Crippen molar-refractivity contribution >= 4 is 56.2 Å². The van der Waals surface area contributed by atoms with Gasteiger partial charge in [-0.2, -0.15) is 8.75 Å². The Morgan fingerprint density at radius 3 is 1.68 bits per heavy atom. The van der Waals surface area contributed by atoms with E-state index in [9.17, 15) is 0 Å². The number of aromatic nitrogens is 2. The molecule has 0 bridgehead atoms. The van der Waals surface area contributed by atoms with Crippen LogP contribution in [0.15, 0.2) is 72.8 Å². The zero-order valence-electron chi connectivity index (χ0n) is 38.7. The highest BCUT2D eigenvalue weighted by Crippen LogP contribution is 2.58. The van der Waals surface area contributed by atoms with Crippen LogP contribution < -0.4 is 0 Å². The highest BCUT2D eigenvalue weighted by Gasteiger charge is 2.43. The van der Waals surface area contributed by atoms with Gasteiger partial charge in [-0.3, -0.25) is 0 Å². The topological polar surface area (TPSA) is 25.8 Å². The number of aryl methyl sites for hydroxylation is 4. The third-order valence-corrected chi connectivity index (χ3v) is 17.0. The summed E-state index contributed by atoms with van der Waals surface area (Å²) in [5.74, 6) is 0. The van der Waals surface area contributed by atoms with Gasteiger partial charge >= 0.3 is 0 Å². The average Bonchev–Trinajstić information content (AvgIpc) is 4.09. The fraction of sp³-hybridized carbons (Fsp3) is 0.474. The Labute approximate surface area is 386 Å². The molecule has 0 fully saturated rings. The molecule has 0 spiro atoms. The van der Waals surface area contributed by atoms with Gasteiger partial charge in [-0.1, -0.05) is 172 Å². The second-order valence-electron chi connectivity index (χ2n) is 18.5. The van der Waals surface area contributed by atoms with E-state index in [-0.39, 0.29) is 5.41 Å². The number of unbranched alkanes of at least 4 members (excludes halogenated alkanes) is 12. The Balaban J connectivity index is 1.23. The highest BCUT2D eigenvalue weighted by molar-refractivity contribution is 7.19. The summed E-state index contributed by atoms with van der Waals surface area (Å²) in [5.41, 5.74) is 16.6. The van der Waals surface area contributed by atoms with Crippen molar-refractivity contribution in [3.8, 4) is 42.4 Å². The van der Waals surface area contributed by atoms with Crippen LogP contribution in [-0.2, 0) is 18.3 Å². The Bertz CT molecular complexity index is 2570. The zero-order chi connectivity index (χ0) is 43.1. The molecule has 0 saturated carbocycles. The maximum absolute atomic E-state index is 5.02. The molecular formula is C57H70N2S3. The first-order valence-electron chi connectivity index (χ1n) is 24.6. The van der Waals surface area contributed by atoms with Crippen LogP contribution in [0.2, 0.25) is 0 Å². The van der Waals surface area contributed by atoms with Gasteiger partial charge in [-0.15, -0.1) is 22.7 Å². The van der Waals surface area contributed by atoms with Crippen molar-refractivity contribution in [1.29, 1.82) is 0 Å². The van der Waals surface area contributed by atoms with Gasteiger partial charge in [-0.25, -0.2) is 0 Å². The molecule has 0 aliphatic heterocycles. The molecule has 7 aromatic rings. The van der Waals surface area contributed by atoms with Gasteiger partial charge in [0.2, 0.25) is 0 Å². The SMILES string of the molecule is CCCCCCc1cc(-c2ccc(-c3cc(CCCCCC)c(-c4ccc5c(c4)C(CCCCCC)(CCCCCC)c4cc(C)c6ccccc6c4-5)s3)c3nsnc23)sc1C. The van der Waals surface area contributed by atoms with E-state index >= 15 is 0 Å². The maximum atomic E-state index is 5.02. The summed E-state index contributed by atoms with van der Waals surface area (Å²) in [7, 11) is 0. The molecular weight excluding hydrogens is 809 g/mol. The number of benzene rings is 4. The molecule has 4 aromatic carbocycles. The first-order chi connectivity index (χ1) is 30.4. The number of hydrogen-bond acceptors (Lipinski definition) is 5. The molecule has 0 radical (unpaired) electrons. The second kappa shape index (κ2) is 20.9. The van der Waals surface area contributed by atoms with E-state index in [1.165, 1.54) is 209 Å². The number of hydrogen-bond donors (Lipinski definition) is 0. The van der Waals surface area contributed by atoms with Crippen LogP contribution in [0.3, 0.4) is 0 Å². The van der Waals surface area contributed by atoms with Crippen molar-refractivity contribution in [2.75, 3.05) is 0 Å². The molecule has 3 heterocycles. The Hall–Kier alpha value is -3.64. The summed E-state index contributed by atoms with van der Waals surface area (Å²) < 4.78 is 10.0. The van der Waals surface area contributed by atoms with Crippen molar-refractivity contribution in [2.24, 2.45) is 0 Å². The Morgan fingerprint density at radius 1 is 0.500 bits per heavy atom. The fourth-order valence-corrected chi connectivity index (χ4v) is 13.6. The highest BCUT2D eigenvalue weighted by atomic mass is 32.1. The molecule has 326 valence electrons. The molecule has 0 saturated heterocycles. The minimum atomic E-state index is 0.0299. The molecule has 0 amide bonds. The molecule has 3 aromatic heterocycles. The third kappa shape index (κ3) is 9.15. The molecule has 0 atom stereocenters. The molecule has 2 nitrogen and oxygen atoms in total. The lowest BCUT2D eigenvalue weighted by molar-refractivity contribution is 0.401. The second-order valence-corrected chi connectivity index (χ2v) is 21.4. The van der Waals surface area contributed by atoms with Crippen molar-refractivity contribution in [3.63, 3.8) is 0 Å². The van der Waals surface area contributed by atoms with Crippen LogP contribution in [-0.4, -0.2) is 8.75 Å². The van der Waals surface area contributed by atoms with Crippen LogP contribution in [0, 0.1) is 13.8 Å².